The van der Waals surface area contributed by atoms with Gasteiger partial charge < -0.3 is 10.1 Å². The fourth-order valence-electron chi connectivity index (χ4n) is 2.39. The number of rotatable bonds is 6. The number of tetrazole rings is 1. The number of thiazole rings is 1. The number of carbonyl (C=O) groups excluding carboxylic acids is 1. The number of nitrogens with one attached hydrogen (secondary N) is 1. The van der Waals surface area contributed by atoms with Crippen LogP contribution >= 0.6 is 11.3 Å². The number of ether oxygens (including phenoxy) is 1. The van der Waals surface area contributed by atoms with E-state index in [1.165, 1.54) is 11.0 Å². The maximum Gasteiger partial charge on any atom is 0.250 e. The Balaban J connectivity index is 1.28. The van der Waals surface area contributed by atoms with Crippen LogP contribution in [0.1, 0.15) is 5.01 Å². The maximum absolute atomic E-state index is 12.0. The monoisotopic (exact) mass is 366 g/mol. The largest absolute Gasteiger partial charge is 0.364 e. The van der Waals surface area contributed by atoms with E-state index in [0.29, 0.717) is 12.3 Å². The number of benzene rings is 2. The molecule has 0 saturated heterocycles. The fraction of sp³-hybridized carbons (Fsp3) is 0.118. The number of para-hydroxylation sites is 1. The van der Waals surface area contributed by atoms with Crippen molar-refractivity contribution in [2.75, 3.05) is 11.9 Å². The number of amides is 1. The number of hydrogen-bond donors (Lipinski definition) is 1. The standard InChI is InChI=1S/C17H14N6O2S/c24-16(9-25-10-17-20-14-3-1-2-4-15(14)26-17)19-12-5-7-13(8-6-12)23-11-18-21-22-23/h1-8,11H,9-10H2,(H,19,24). The van der Waals surface area contributed by atoms with E-state index in [1.807, 2.05) is 36.4 Å². The summed E-state index contributed by atoms with van der Waals surface area (Å²) in [5, 5.41) is 14.6. The quantitative estimate of drug-likeness (QED) is 0.563. The SMILES string of the molecule is O=C(COCc1nc2ccccc2s1)Nc1ccc(-n2cnnn2)cc1. The van der Waals surface area contributed by atoms with Gasteiger partial charge in [-0.2, -0.15) is 0 Å². The van der Waals surface area contributed by atoms with Gasteiger partial charge in [0.2, 0.25) is 5.91 Å². The zero-order chi connectivity index (χ0) is 17.8. The molecule has 4 rings (SSSR count). The smallest absolute Gasteiger partial charge is 0.250 e. The van der Waals surface area contributed by atoms with Gasteiger partial charge >= 0.3 is 0 Å². The topological polar surface area (TPSA) is 94.8 Å². The highest BCUT2D eigenvalue weighted by Crippen LogP contribution is 2.21. The summed E-state index contributed by atoms with van der Waals surface area (Å²) in [5.41, 5.74) is 2.43. The third-order valence-corrected chi connectivity index (χ3v) is 4.57. The number of nitrogens with zero attached hydrogens (tertiary/aromatic N) is 5. The van der Waals surface area contributed by atoms with Gasteiger partial charge in [0.15, 0.2) is 0 Å². The molecule has 2 aromatic heterocycles. The van der Waals surface area contributed by atoms with Gasteiger partial charge in [0.1, 0.15) is 17.9 Å². The van der Waals surface area contributed by atoms with Crippen LogP contribution < -0.4 is 5.32 Å². The van der Waals surface area contributed by atoms with Gasteiger partial charge in [-0.15, -0.1) is 16.4 Å². The van der Waals surface area contributed by atoms with E-state index >= 15 is 0 Å². The van der Waals surface area contributed by atoms with Crippen molar-refractivity contribution in [1.29, 1.82) is 0 Å². The van der Waals surface area contributed by atoms with E-state index in [1.54, 1.807) is 23.5 Å². The van der Waals surface area contributed by atoms with E-state index in [9.17, 15) is 4.79 Å². The lowest BCUT2D eigenvalue weighted by Crippen LogP contribution is -2.18. The van der Waals surface area contributed by atoms with Crippen molar-refractivity contribution in [2.45, 2.75) is 6.61 Å². The Morgan fingerprint density at radius 2 is 2.00 bits per heavy atom. The van der Waals surface area contributed by atoms with Gasteiger partial charge in [-0.05, 0) is 46.8 Å². The fourth-order valence-corrected chi connectivity index (χ4v) is 3.29. The summed E-state index contributed by atoms with van der Waals surface area (Å²) >= 11 is 1.57. The second-order valence-electron chi connectivity index (χ2n) is 5.42. The summed E-state index contributed by atoms with van der Waals surface area (Å²) in [6, 6.07) is 15.1. The van der Waals surface area contributed by atoms with Crippen LogP contribution in [0.25, 0.3) is 15.9 Å². The van der Waals surface area contributed by atoms with Gasteiger partial charge in [0.25, 0.3) is 0 Å². The molecule has 2 heterocycles. The molecule has 4 aromatic rings. The lowest BCUT2D eigenvalue weighted by Gasteiger charge is -2.06. The Hall–Kier alpha value is -3.17. The van der Waals surface area contributed by atoms with Crippen LogP contribution in [-0.2, 0) is 16.1 Å². The van der Waals surface area contributed by atoms with E-state index in [4.69, 9.17) is 4.74 Å². The average molecular weight is 366 g/mol. The van der Waals surface area contributed by atoms with Crippen LogP contribution in [0.15, 0.2) is 54.9 Å². The van der Waals surface area contributed by atoms with Crippen molar-refractivity contribution in [3.63, 3.8) is 0 Å². The Morgan fingerprint density at radius 3 is 2.77 bits per heavy atom. The van der Waals surface area contributed by atoms with Gasteiger partial charge in [-0.1, -0.05) is 12.1 Å². The first kappa shape index (κ1) is 16.3. The van der Waals surface area contributed by atoms with Crippen molar-refractivity contribution in [1.82, 2.24) is 25.2 Å². The molecule has 0 aliphatic rings. The summed E-state index contributed by atoms with van der Waals surface area (Å²) in [4.78, 5) is 16.5. The zero-order valence-corrected chi connectivity index (χ0v) is 14.4. The molecule has 26 heavy (non-hydrogen) atoms. The molecule has 0 saturated carbocycles. The minimum Gasteiger partial charge on any atom is -0.364 e. The molecule has 0 spiro atoms. The zero-order valence-electron chi connectivity index (χ0n) is 13.6. The number of aromatic nitrogens is 5. The van der Waals surface area contributed by atoms with Crippen molar-refractivity contribution in [3.05, 3.63) is 59.9 Å². The first-order valence-corrected chi connectivity index (χ1v) is 8.65. The first-order chi connectivity index (χ1) is 12.8. The summed E-state index contributed by atoms with van der Waals surface area (Å²) in [5.74, 6) is -0.221. The Labute approximate surface area is 152 Å². The molecular weight excluding hydrogens is 352 g/mol. The summed E-state index contributed by atoms with van der Waals surface area (Å²) in [7, 11) is 0. The van der Waals surface area contributed by atoms with E-state index in [2.05, 4.69) is 25.8 Å². The van der Waals surface area contributed by atoms with Crippen LogP contribution in [0.4, 0.5) is 5.69 Å². The van der Waals surface area contributed by atoms with Gasteiger partial charge in [-0.3, -0.25) is 4.79 Å². The molecule has 0 aliphatic heterocycles. The Morgan fingerprint density at radius 1 is 1.15 bits per heavy atom. The Bertz CT molecular complexity index is 980. The normalized spacial score (nSPS) is 10.9. The highest BCUT2D eigenvalue weighted by Gasteiger charge is 2.07. The highest BCUT2D eigenvalue weighted by molar-refractivity contribution is 7.18. The summed E-state index contributed by atoms with van der Waals surface area (Å²) in [6.07, 6.45) is 1.50. The molecule has 0 fully saturated rings. The first-order valence-electron chi connectivity index (χ1n) is 7.83. The number of carbonyl (C=O) groups is 1. The molecule has 0 aliphatic carbocycles. The number of fused-ring (bicyclic) bond motifs is 1. The van der Waals surface area contributed by atoms with Crippen LogP contribution in [0.3, 0.4) is 0 Å². The third kappa shape index (κ3) is 3.73. The van der Waals surface area contributed by atoms with E-state index < -0.39 is 0 Å². The molecule has 2 aromatic carbocycles. The number of anilines is 1. The van der Waals surface area contributed by atoms with Crippen LogP contribution in [0.5, 0.6) is 0 Å². The van der Waals surface area contributed by atoms with Crippen LogP contribution in [0.2, 0.25) is 0 Å². The molecule has 0 atom stereocenters. The van der Waals surface area contributed by atoms with E-state index in [0.717, 1.165) is 20.9 Å². The molecule has 130 valence electrons. The van der Waals surface area contributed by atoms with Gasteiger partial charge in [0, 0.05) is 5.69 Å². The second kappa shape index (κ2) is 7.38. The molecule has 1 amide bonds. The Kier molecular flexibility index (Phi) is 4.63. The molecule has 9 heteroatoms. The molecule has 0 unspecified atom stereocenters. The maximum atomic E-state index is 12.0. The summed E-state index contributed by atoms with van der Waals surface area (Å²) < 4.78 is 8.12. The minimum atomic E-state index is -0.221. The van der Waals surface area contributed by atoms with Crippen molar-refractivity contribution in [2.24, 2.45) is 0 Å². The van der Waals surface area contributed by atoms with Crippen molar-refractivity contribution < 1.29 is 9.53 Å². The predicted molar refractivity (Wildman–Crippen MR) is 97.1 cm³/mol. The molecule has 1 N–H and O–H groups in total. The molecular formula is C17H14N6O2S. The average Bonchev–Trinajstić information content (AvgIpc) is 3.32. The minimum absolute atomic E-state index is 0.0370. The van der Waals surface area contributed by atoms with E-state index in [-0.39, 0.29) is 12.5 Å². The van der Waals surface area contributed by atoms with Gasteiger partial charge in [-0.25, -0.2) is 9.67 Å². The predicted octanol–water partition coefficient (Wildman–Crippen LogP) is 2.43. The van der Waals surface area contributed by atoms with Crippen LogP contribution in [-0.4, -0.2) is 37.7 Å². The lowest BCUT2D eigenvalue weighted by molar-refractivity contribution is -0.121. The third-order valence-electron chi connectivity index (χ3n) is 3.56. The molecule has 8 nitrogen and oxygen atoms in total. The molecule has 0 radical (unpaired) electrons. The van der Waals surface area contributed by atoms with Crippen LogP contribution in [0, 0.1) is 0 Å². The summed E-state index contributed by atoms with van der Waals surface area (Å²) in [6.45, 7) is 0.273. The molecule has 0 bridgehead atoms. The van der Waals surface area contributed by atoms with Crippen molar-refractivity contribution >= 4 is 33.1 Å². The highest BCUT2D eigenvalue weighted by atomic mass is 32.1. The lowest BCUT2D eigenvalue weighted by atomic mass is 10.3. The van der Waals surface area contributed by atoms with Crippen molar-refractivity contribution in [3.8, 4) is 5.69 Å². The van der Waals surface area contributed by atoms with Gasteiger partial charge in [0.05, 0.1) is 22.5 Å². The second-order valence-corrected chi connectivity index (χ2v) is 6.53. The number of hydrogen-bond acceptors (Lipinski definition) is 7.